The summed E-state index contributed by atoms with van der Waals surface area (Å²) >= 11 is 7.08. The molecule has 0 bridgehead atoms. The minimum absolute atomic E-state index is 0.129. The van der Waals surface area contributed by atoms with Crippen molar-refractivity contribution in [1.29, 1.82) is 5.26 Å². The van der Waals surface area contributed by atoms with Crippen LogP contribution >= 0.6 is 23.6 Å². The lowest BCUT2D eigenvalue weighted by Crippen LogP contribution is -2.23. The molecule has 0 saturated carbocycles. The molecule has 0 aliphatic heterocycles. The summed E-state index contributed by atoms with van der Waals surface area (Å²) in [5.41, 5.74) is 3.53. The molecular weight excluding hydrogens is 429 g/mol. The van der Waals surface area contributed by atoms with Gasteiger partial charge in [0.1, 0.15) is 11.5 Å². The van der Waals surface area contributed by atoms with Gasteiger partial charge in [0.25, 0.3) is 5.56 Å². The third kappa shape index (κ3) is 3.26. The van der Waals surface area contributed by atoms with Crippen LogP contribution in [0, 0.1) is 21.1 Å². The molecule has 0 aliphatic carbocycles. The minimum atomic E-state index is -0.323. The summed E-state index contributed by atoms with van der Waals surface area (Å²) in [4.78, 5) is 14.3. The third-order valence-corrected chi connectivity index (χ3v) is 6.61. The fourth-order valence-electron chi connectivity index (χ4n) is 3.72. The van der Waals surface area contributed by atoms with Gasteiger partial charge in [0.05, 0.1) is 34.0 Å². The SMILES string of the molecule is N#Cc1ccc(Cn2c(=O)c3ccccc3n3c(=S)sc(-c4ccc(F)cc4)c23)cc1. The normalized spacial score (nSPS) is 11.1. The van der Waals surface area contributed by atoms with Gasteiger partial charge in [-0.25, -0.2) is 4.39 Å². The van der Waals surface area contributed by atoms with Crippen LogP contribution in [0.4, 0.5) is 4.39 Å². The summed E-state index contributed by atoms with van der Waals surface area (Å²) < 4.78 is 17.8. The number of nitriles is 1. The number of aromatic nitrogens is 2. The molecule has 0 aliphatic rings. The van der Waals surface area contributed by atoms with Crippen LogP contribution in [0.15, 0.2) is 77.6 Å². The highest BCUT2D eigenvalue weighted by Crippen LogP contribution is 2.33. The van der Waals surface area contributed by atoms with Gasteiger partial charge < -0.3 is 0 Å². The van der Waals surface area contributed by atoms with E-state index in [0.717, 1.165) is 21.5 Å². The first kappa shape index (κ1) is 19.4. The van der Waals surface area contributed by atoms with Crippen LogP contribution in [0.3, 0.4) is 0 Å². The van der Waals surface area contributed by atoms with E-state index >= 15 is 0 Å². The van der Waals surface area contributed by atoms with Gasteiger partial charge in [-0.05, 0) is 59.7 Å². The van der Waals surface area contributed by atoms with Gasteiger partial charge in [0, 0.05) is 0 Å². The lowest BCUT2D eigenvalue weighted by atomic mass is 10.1. The van der Waals surface area contributed by atoms with Gasteiger partial charge in [-0.2, -0.15) is 5.26 Å². The molecule has 2 heterocycles. The Kier molecular flexibility index (Phi) is 4.74. The standard InChI is InChI=1S/C24H14FN3OS2/c25-18-11-9-17(10-12-18)21-22-27(14-16-7-5-15(13-26)6-8-16)23(29)19-3-1-2-4-20(19)28(22)24(30)31-21/h1-12H,14H2. The van der Waals surface area contributed by atoms with Gasteiger partial charge in [-0.15, -0.1) is 11.3 Å². The van der Waals surface area contributed by atoms with Gasteiger partial charge >= 0.3 is 0 Å². The fraction of sp³-hybridized carbons (Fsp3) is 0.0417. The molecule has 4 nitrogen and oxygen atoms in total. The molecule has 0 amide bonds. The zero-order chi connectivity index (χ0) is 21.5. The van der Waals surface area contributed by atoms with Crippen molar-refractivity contribution in [3.63, 3.8) is 0 Å². The number of rotatable bonds is 3. The van der Waals surface area contributed by atoms with Crippen LogP contribution in [0.5, 0.6) is 0 Å². The van der Waals surface area contributed by atoms with Crippen LogP contribution in [0.2, 0.25) is 0 Å². The van der Waals surface area contributed by atoms with E-state index in [-0.39, 0.29) is 11.4 Å². The van der Waals surface area contributed by atoms with Crippen LogP contribution in [0.25, 0.3) is 27.0 Å². The number of hydrogen-bond acceptors (Lipinski definition) is 4. The van der Waals surface area contributed by atoms with Gasteiger partial charge in [0.2, 0.25) is 0 Å². The summed E-state index contributed by atoms with van der Waals surface area (Å²) in [5.74, 6) is -0.323. The first-order valence-electron chi connectivity index (χ1n) is 9.49. The Hall–Kier alpha value is -3.60. The van der Waals surface area contributed by atoms with Crippen molar-refractivity contribution in [1.82, 2.24) is 8.97 Å². The summed E-state index contributed by atoms with van der Waals surface area (Å²) in [6, 6.07) is 22.8. The summed E-state index contributed by atoms with van der Waals surface area (Å²) in [7, 11) is 0. The average Bonchev–Trinajstić information content (AvgIpc) is 3.14. The zero-order valence-corrected chi connectivity index (χ0v) is 17.7. The number of fused-ring (bicyclic) bond motifs is 3. The Bertz CT molecular complexity index is 1600. The fourth-order valence-corrected chi connectivity index (χ4v) is 5.15. The van der Waals surface area contributed by atoms with Crippen molar-refractivity contribution in [3.8, 4) is 16.5 Å². The first-order valence-corrected chi connectivity index (χ1v) is 10.7. The maximum atomic E-state index is 13.5. The van der Waals surface area contributed by atoms with Gasteiger partial charge in [-0.1, -0.05) is 36.4 Å². The van der Waals surface area contributed by atoms with E-state index in [4.69, 9.17) is 17.5 Å². The molecule has 0 saturated heterocycles. The van der Waals surface area contributed by atoms with E-state index in [2.05, 4.69) is 6.07 Å². The third-order valence-electron chi connectivity index (χ3n) is 5.19. The number of halogens is 1. The molecule has 0 spiro atoms. The Morgan fingerprint density at radius 1 is 1.00 bits per heavy atom. The Morgan fingerprint density at radius 2 is 1.71 bits per heavy atom. The van der Waals surface area contributed by atoms with Crippen molar-refractivity contribution < 1.29 is 4.39 Å². The van der Waals surface area contributed by atoms with E-state index in [1.807, 2.05) is 34.7 Å². The van der Waals surface area contributed by atoms with Gasteiger partial charge in [0.15, 0.2) is 3.95 Å². The number of para-hydroxylation sites is 1. The van der Waals surface area contributed by atoms with Crippen molar-refractivity contribution >= 4 is 40.1 Å². The molecule has 0 unspecified atom stereocenters. The van der Waals surface area contributed by atoms with Crippen molar-refractivity contribution in [2.45, 2.75) is 6.54 Å². The molecule has 31 heavy (non-hydrogen) atoms. The minimum Gasteiger partial charge on any atom is -0.288 e. The Labute approximate surface area is 185 Å². The monoisotopic (exact) mass is 443 g/mol. The number of nitrogens with zero attached hydrogens (tertiary/aromatic N) is 3. The lowest BCUT2D eigenvalue weighted by Gasteiger charge is -2.13. The van der Waals surface area contributed by atoms with E-state index in [9.17, 15) is 9.18 Å². The highest BCUT2D eigenvalue weighted by molar-refractivity contribution is 7.73. The largest absolute Gasteiger partial charge is 0.288 e. The van der Waals surface area contributed by atoms with Crippen LogP contribution < -0.4 is 5.56 Å². The molecule has 2 aromatic heterocycles. The molecule has 150 valence electrons. The van der Waals surface area contributed by atoms with Crippen molar-refractivity contribution in [2.75, 3.05) is 0 Å². The Balaban J connectivity index is 1.86. The predicted octanol–water partition coefficient (Wildman–Crippen LogP) is 5.77. The first-order chi connectivity index (χ1) is 15.1. The second-order valence-electron chi connectivity index (χ2n) is 7.08. The molecular formula is C24H14FN3OS2. The maximum Gasteiger partial charge on any atom is 0.261 e. The lowest BCUT2D eigenvalue weighted by molar-refractivity contribution is 0.628. The topological polar surface area (TPSA) is 50.2 Å². The van der Waals surface area contributed by atoms with E-state index in [1.165, 1.54) is 23.5 Å². The number of hydrogen-bond donors (Lipinski definition) is 0. The zero-order valence-electron chi connectivity index (χ0n) is 16.1. The molecule has 0 radical (unpaired) electrons. The Morgan fingerprint density at radius 3 is 2.42 bits per heavy atom. The van der Waals surface area contributed by atoms with E-state index in [0.29, 0.717) is 27.1 Å². The molecule has 7 heteroatoms. The van der Waals surface area contributed by atoms with Gasteiger partial charge in [-0.3, -0.25) is 13.8 Å². The molecule has 3 aromatic carbocycles. The highest BCUT2D eigenvalue weighted by Gasteiger charge is 2.18. The second-order valence-corrected chi connectivity index (χ2v) is 8.72. The smallest absolute Gasteiger partial charge is 0.261 e. The molecule has 0 fully saturated rings. The average molecular weight is 444 g/mol. The predicted molar refractivity (Wildman–Crippen MR) is 124 cm³/mol. The second kappa shape index (κ2) is 7.58. The summed E-state index contributed by atoms with van der Waals surface area (Å²) in [6.45, 7) is 0.318. The molecule has 0 atom stereocenters. The maximum absolute atomic E-state index is 13.5. The van der Waals surface area contributed by atoms with Crippen molar-refractivity contribution in [2.24, 2.45) is 0 Å². The summed E-state index contributed by atoms with van der Waals surface area (Å²) in [5, 5.41) is 9.63. The van der Waals surface area contributed by atoms with E-state index < -0.39 is 0 Å². The number of thiazole rings is 1. The van der Waals surface area contributed by atoms with Crippen molar-refractivity contribution in [3.05, 3.63) is 104 Å². The number of benzene rings is 3. The molecule has 5 aromatic rings. The van der Waals surface area contributed by atoms with E-state index in [1.54, 1.807) is 34.9 Å². The highest BCUT2D eigenvalue weighted by atomic mass is 32.1. The molecule has 0 N–H and O–H groups in total. The summed E-state index contributed by atoms with van der Waals surface area (Å²) in [6.07, 6.45) is 0. The molecule has 5 rings (SSSR count). The van der Waals surface area contributed by atoms with Crippen LogP contribution in [-0.4, -0.2) is 8.97 Å². The van der Waals surface area contributed by atoms with Crippen LogP contribution in [0.1, 0.15) is 11.1 Å². The van der Waals surface area contributed by atoms with Crippen LogP contribution in [-0.2, 0) is 6.54 Å². The quantitative estimate of drug-likeness (QED) is 0.333.